The summed E-state index contributed by atoms with van der Waals surface area (Å²) < 4.78 is 15.8. The van der Waals surface area contributed by atoms with Gasteiger partial charge in [0.05, 0.1) is 17.7 Å². The summed E-state index contributed by atoms with van der Waals surface area (Å²) in [6, 6.07) is 12.2. The number of carbonyl (C=O) groups is 2. The van der Waals surface area contributed by atoms with Crippen LogP contribution in [-0.2, 0) is 4.79 Å². The van der Waals surface area contributed by atoms with Gasteiger partial charge >= 0.3 is 0 Å². The molecule has 0 atom stereocenters. The van der Waals surface area contributed by atoms with Crippen molar-refractivity contribution in [1.82, 2.24) is 0 Å². The Morgan fingerprint density at radius 3 is 2.80 bits per heavy atom. The van der Waals surface area contributed by atoms with Gasteiger partial charge in [-0.25, -0.2) is 4.90 Å². The van der Waals surface area contributed by atoms with E-state index in [0.717, 1.165) is 22.2 Å². The molecule has 7 heteroatoms. The molecule has 2 aromatic rings. The maximum Gasteiger partial charge on any atom is 0.298 e. The first kappa shape index (κ1) is 15.6. The lowest BCUT2D eigenvalue weighted by molar-refractivity contribution is -0.113. The smallest absolute Gasteiger partial charge is 0.298 e. The molecule has 2 amide bonds. The fourth-order valence-electron chi connectivity index (χ4n) is 2.59. The molecular formula is C18H13NO5S. The summed E-state index contributed by atoms with van der Waals surface area (Å²) in [7, 11) is 1.53. The van der Waals surface area contributed by atoms with Gasteiger partial charge in [0.15, 0.2) is 11.5 Å². The van der Waals surface area contributed by atoms with E-state index in [1.807, 2.05) is 6.07 Å². The van der Waals surface area contributed by atoms with Crippen molar-refractivity contribution in [3.05, 3.63) is 52.9 Å². The van der Waals surface area contributed by atoms with Crippen molar-refractivity contribution in [3.63, 3.8) is 0 Å². The van der Waals surface area contributed by atoms with Crippen LogP contribution >= 0.6 is 11.8 Å². The number of methoxy groups -OCH3 is 1. The topological polar surface area (TPSA) is 65.1 Å². The molecule has 0 radical (unpaired) electrons. The highest BCUT2D eigenvalue weighted by Gasteiger charge is 2.36. The minimum Gasteiger partial charge on any atom is -0.497 e. The van der Waals surface area contributed by atoms with Crippen LogP contribution in [0.4, 0.5) is 10.5 Å². The van der Waals surface area contributed by atoms with Crippen LogP contribution in [0, 0.1) is 0 Å². The van der Waals surface area contributed by atoms with Crippen LogP contribution in [0.1, 0.15) is 5.56 Å². The van der Waals surface area contributed by atoms with Crippen molar-refractivity contribution in [2.75, 3.05) is 18.8 Å². The molecule has 0 N–H and O–H groups in total. The van der Waals surface area contributed by atoms with Gasteiger partial charge in [-0.1, -0.05) is 12.1 Å². The second-order valence-electron chi connectivity index (χ2n) is 5.33. The van der Waals surface area contributed by atoms with E-state index in [0.29, 0.717) is 27.8 Å². The number of rotatable bonds is 3. The molecule has 0 bridgehead atoms. The minimum atomic E-state index is -0.360. The van der Waals surface area contributed by atoms with Crippen LogP contribution in [0.3, 0.4) is 0 Å². The summed E-state index contributed by atoms with van der Waals surface area (Å²) in [6.07, 6.45) is 1.67. The van der Waals surface area contributed by atoms with E-state index in [2.05, 4.69) is 0 Å². The molecule has 1 saturated heterocycles. The van der Waals surface area contributed by atoms with Crippen LogP contribution in [0.15, 0.2) is 47.4 Å². The largest absolute Gasteiger partial charge is 0.497 e. The van der Waals surface area contributed by atoms with Gasteiger partial charge in [-0.3, -0.25) is 9.59 Å². The lowest BCUT2D eigenvalue weighted by Crippen LogP contribution is -2.27. The predicted molar refractivity (Wildman–Crippen MR) is 94.0 cm³/mol. The van der Waals surface area contributed by atoms with E-state index in [-0.39, 0.29) is 17.9 Å². The maximum absolute atomic E-state index is 12.7. The minimum absolute atomic E-state index is 0.186. The van der Waals surface area contributed by atoms with Crippen LogP contribution < -0.4 is 19.1 Å². The third-order valence-corrected chi connectivity index (χ3v) is 4.67. The molecule has 0 unspecified atom stereocenters. The first-order valence-electron chi connectivity index (χ1n) is 7.47. The Labute approximate surface area is 148 Å². The number of ether oxygens (including phenoxy) is 3. The molecule has 1 fully saturated rings. The monoisotopic (exact) mass is 355 g/mol. The van der Waals surface area contributed by atoms with Gasteiger partial charge in [-0.2, -0.15) is 0 Å². The molecule has 2 aliphatic rings. The van der Waals surface area contributed by atoms with Crippen molar-refractivity contribution < 1.29 is 23.8 Å². The van der Waals surface area contributed by atoms with E-state index >= 15 is 0 Å². The molecule has 0 saturated carbocycles. The standard InChI is InChI=1S/C18H13NO5S/c1-22-13-4-2-3-12(9-13)19-17(20)16(25-18(19)21)8-11-5-6-14-15(7-11)24-10-23-14/h2-9H,10H2,1H3/b16-8-. The number of thioether (sulfide) groups is 1. The molecule has 25 heavy (non-hydrogen) atoms. The second-order valence-corrected chi connectivity index (χ2v) is 6.32. The highest BCUT2D eigenvalue weighted by molar-refractivity contribution is 8.19. The van der Waals surface area contributed by atoms with Gasteiger partial charge in [0.1, 0.15) is 5.75 Å². The summed E-state index contributed by atoms with van der Waals surface area (Å²) in [5.74, 6) is 1.51. The molecule has 6 nitrogen and oxygen atoms in total. The molecule has 0 aliphatic carbocycles. The lowest BCUT2D eigenvalue weighted by Gasteiger charge is -2.13. The number of carbonyl (C=O) groups excluding carboxylic acids is 2. The Hall–Kier alpha value is -2.93. The van der Waals surface area contributed by atoms with Gasteiger partial charge < -0.3 is 14.2 Å². The summed E-state index contributed by atoms with van der Waals surface area (Å²) in [5, 5.41) is -0.342. The summed E-state index contributed by atoms with van der Waals surface area (Å²) in [4.78, 5) is 26.5. The zero-order valence-electron chi connectivity index (χ0n) is 13.2. The average molecular weight is 355 g/mol. The Bertz CT molecular complexity index is 908. The van der Waals surface area contributed by atoms with Crippen molar-refractivity contribution >= 4 is 34.7 Å². The van der Waals surface area contributed by atoms with Gasteiger partial charge in [0, 0.05) is 6.07 Å². The normalized spacial score (nSPS) is 17.5. The van der Waals surface area contributed by atoms with Gasteiger partial charge in [0.25, 0.3) is 11.1 Å². The molecule has 126 valence electrons. The van der Waals surface area contributed by atoms with E-state index in [1.165, 1.54) is 7.11 Å². The number of imide groups is 1. The number of hydrogen-bond donors (Lipinski definition) is 0. The van der Waals surface area contributed by atoms with E-state index in [9.17, 15) is 9.59 Å². The number of nitrogens with zero attached hydrogens (tertiary/aromatic N) is 1. The quantitative estimate of drug-likeness (QED) is 0.783. The Kier molecular flexibility index (Phi) is 3.85. The van der Waals surface area contributed by atoms with E-state index < -0.39 is 0 Å². The van der Waals surface area contributed by atoms with E-state index in [4.69, 9.17) is 14.2 Å². The Balaban J connectivity index is 1.64. The van der Waals surface area contributed by atoms with Crippen LogP contribution in [-0.4, -0.2) is 25.0 Å². The summed E-state index contributed by atoms with van der Waals surface area (Å²) in [6.45, 7) is 0.186. The van der Waals surface area contributed by atoms with Gasteiger partial charge in [-0.15, -0.1) is 0 Å². The zero-order valence-corrected chi connectivity index (χ0v) is 14.0. The number of anilines is 1. The molecule has 0 aromatic heterocycles. The molecule has 0 spiro atoms. The first-order valence-corrected chi connectivity index (χ1v) is 8.29. The van der Waals surface area contributed by atoms with Crippen molar-refractivity contribution in [1.29, 1.82) is 0 Å². The highest BCUT2D eigenvalue weighted by atomic mass is 32.2. The van der Waals surface area contributed by atoms with Crippen LogP contribution in [0.25, 0.3) is 6.08 Å². The third-order valence-electron chi connectivity index (χ3n) is 3.80. The van der Waals surface area contributed by atoms with Crippen molar-refractivity contribution in [2.45, 2.75) is 0 Å². The third kappa shape index (κ3) is 2.83. The summed E-state index contributed by atoms with van der Waals surface area (Å²) >= 11 is 0.904. The molecule has 2 aliphatic heterocycles. The van der Waals surface area contributed by atoms with Crippen LogP contribution in [0.5, 0.6) is 17.2 Å². The number of benzene rings is 2. The highest BCUT2D eigenvalue weighted by Crippen LogP contribution is 2.38. The maximum atomic E-state index is 12.7. The molecule has 2 heterocycles. The first-order chi connectivity index (χ1) is 12.2. The van der Waals surface area contributed by atoms with Crippen molar-refractivity contribution in [2.24, 2.45) is 0 Å². The molecule has 4 rings (SSSR count). The number of fused-ring (bicyclic) bond motifs is 1. The second kappa shape index (κ2) is 6.18. The molecular weight excluding hydrogens is 342 g/mol. The Morgan fingerprint density at radius 2 is 1.96 bits per heavy atom. The summed E-state index contributed by atoms with van der Waals surface area (Å²) in [5.41, 5.74) is 1.25. The average Bonchev–Trinajstić information content (AvgIpc) is 3.19. The fraction of sp³-hybridized carbons (Fsp3) is 0.111. The number of hydrogen-bond acceptors (Lipinski definition) is 6. The van der Waals surface area contributed by atoms with Crippen LogP contribution in [0.2, 0.25) is 0 Å². The van der Waals surface area contributed by atoms with Gasteiger partial charge in [-0.05, 0) is 47.7 Å². The SMILES string of the molecule is COc1cccc(N2C(=O)S/C(=C\c3ccc4c(c3)OCO4)C2=O)c1. The zero-order chi connectivity index (χ0) is 17.4. The lowest BCUT2D eigenvalue weighted by atomic mass is 10.2. The van der Waals surface area contributed by atoms with E-state index in [1.54, 1.807) is 42.5 Å². The molecule has 2 aromatic carbocycles. The predicted octanol–water partition coefficient (Wildman–Crippen LogP) is 3.66. The fourth-order valence-corrected chi connectivity index (χ4v) is 3.44. The number of amides is 2. The van der Waals surface area contributed by atoms with Gasteiger partial charge in [0.2, 0.25) is 6.79 Å². The Morgan fingerprint density at radius 1 is 1.12 bits per heavy atom. The van der Waals surface area contributed by atoms with Crippen molar-refractivity contribution in [3.8, 4) is 17.2 Å².